The summed E-state index contributed by atoms with van der Waals surface area (Å²) in [6.07, 6.45) is 3.33. The van der Waals surface area contributed by atoms with Crippen LogP contribution < -0.4 is 0 Å². The summed E-state index contributed by atoms with van der Waals surface area (Å²) in [7, 11) is 0. The molecule has 1 aromatic heterocycles. The molecule has 0 aliphatic rings. The van der Waals surface area contributed by atoms with Crippen LogP contribution in [0.3, 0.4) is 0 Å². The van der Waals surface area contributed by atoms with Gasteiger partial charge in [-0.2, -0.15) is 0 Å². The van der Waals surface area contributed by atoms with E-state index in [9.17, 15) is 5.11 Å². The topological polar surface area (TPSA) is 45.7 Å². The Bertz CT molecular complexity index is 180. The Labute approximate surface area is 63.5 Å². The van der Waals surface area contributed by atoms with Crippen molar-refractivity contribution in [3.8, 4) is 0 Å². The van der Waals surface area contributed by atoms with Gasteiger partial charge in [-0.1, -0.05) is 11.8 Å². The second-order valence-electron chi connectivity index (χ2n) is 1.58. The van der Waals surface area contributed by atoms with Crippen LogP contribution in [0.1, 0.15) is 0 Å². The molecule has 0 aliphatic carbocycles. The van der Waals surface area contributed by atoms with Crippen LogP contribution in [0, 0.1) is 0 Å². The molecule has 0 saturated carbocycles. The van der Waals surface area contributed by atoms with Crippen LogP contribution in [-0.2, 0) is 5.11 Å². The predicted molar refractivity (Wildman–Crippen MR) is 38.3 cm³/mol. The van der Waals surface area contributed by atoms with Crippen LogP contribution in [0.4, 0.5) is 0 Å². The zero-order valence-corrected chi connectivity index (χ0v) is 6.17. The minimum absolute atomic E-state index is 0.0804. The molecule has 1 radical (unpaired) electrons. The van der Waals surface area contributed by atoms with Crippen molar-refractivity contribution >= 4 is 11.8 Å². The molecule has 0 atom stereocenters. The van der Waals surface area contributed by atoms with Crippen molar-refractivity contribution in [2.45, 2.75) is 5.16 Å². The molecule has 0 saturated heterocycles. The van der Waals surface area contributed by atoms with Gasteiger partial charge in [0.1, 0.15) is 0 Å². The number of hydrogen-bond donors (Lipinski definition) is 0. The van der Waals surface area contributed by atoms with Gasteiger partial charge in [-0.25, -0.2) is 15.1 Å². The van der Waals surface area contributed by atoms with E-state index >= 15 is 0 Å². The Balaban J connectivity index is 2.43. The lowest BCUT2D eigenvalue weighted by molar-refractivity contribution is 0.215. The summed E-state index contributed by atoms with van der Waals surface area (Å²) in [6.45, 7) is -0.0804. The van der Waals surface area contributed by atoms with Gasteiger partial charge in [0.2, 0.25) is 0 Å². The van der Waals surface area contributed by atoms with Crippen molar-refractivity contribution in [1.29, 1.82) is 0 Å². The van der Waals surface area contributed by atoms with Crippen molar-refractivity contribution in [2.75, 3.05) is 12.4 Å². The smallest absolute Gasteiger partial charge is 0.187 e. The van der Waals surface area contributed by atoms with Gasteiger partial charge in [-0.15, -0.1) is 0 Å². The molecular weight excluding hydrogens is 148 g/mol. The number of nitrogens with zero attached hydrogens (tertiary/aromatic N) is 2. The maximum absolute atomic E-state index is 10.0. The van der Waals surface area contributed by atoms with E-state index in [1.165, 1.54) is 11.8 Å². The van der Waals surface area contributed by atoms with Gasteiger partial charge in [0, 0.05) is 18.1 Å². The molecule has 0 aromatic carbocycles. The minimum atomic E-state index is -0.0804. The van der Waals surface area contributed by atoms with Crippen LogP contribution in [-0.4, -0.2) is 22.3 Å². The van der Waals surface area contributed by atoms with Crippen molar-refractivity contribution in [2.24, 2.45) is 0 Å². The van der Waals surface area contributed by atoms with Gasteiger partial charge >= 0.3 is 0 Å². The highest BCUT2D eigenvalue weighted by molar-refractivity contribution is 7.99. The third-order valence-electron chi connectivity index (χ3n) is 0.857. The summed E-state index contributed by atoms with van der Waals surface area (Å²) in [6, 6.07) is 1.75. The zero-order chi connectivity index (χ0) is 7.23. The number of aromatic nitrogens is 2. The number of rotatable bonds is 3. The van der Waals surface area contributed by atoms with Gasteiger partial charge in [-0.05, 0) is 6.07 Å². The molecule has 0 spiro atoms. The molecule has 0 amide bonds. The molecule has 0 bridgehead atoms. The van der Waals surface area contributed by atoms with Crippen molar-refractivity contribution in [1.82, 2.24) is 9.97 Å². The Morgan fingerprint density at radius 1 is 1.40 bits per heavy atom. The Kier molecular flexibility index (Phi) is 3.18. The quantitative estimate of drug-likeness (QED) is 0.483. The van der Waals surface area contributed by atoms with Gasteiger partial charge in [-0.3, -0.25) is 0 Å². The first-order chi connectivity index (χ1) is 4.93. The van der Waals surface area contributed by atoms with Crippen LogP contribution in [0.15, 0.2) is 23.6 Å². The van der Waals surface area contributed by atoms with Crippen molar-refractivity contribution in [3.05, 3.63) is 18.5 Å². The molecule has 4 heteroatoms. The van der Waals surface area contributed by atoms with Gasteiger partial charge in [0.15, 0.2) is 5.16 Å². The van der Waals surface area contributed by atoms with E-state index in [1.807, 2.05) is 0 Å². The van der Waals surface area contributed by atoms with E-state index in [4.69, 9.17) is 0 Å². The first kappa shape index (κ1) is 7.50. The molecular formula is C6H7N2OS. The van der Waals surface area contributed by atoms with Crippen molar-refractivity contribution in [3.63, 3.8) is 0 Å². The summed E-state index contributed by atoms with van der Waals surface area (Å²) in [5.41, 5.74) is 0. The van der Waals surface area contributed by atoms with Gasteiger partial charge in [0.05, 0.1) is 6.61 Å². The molecule has 0 fully saturated rings. The minimum Gasteiger partial charge on any atom is -0.236 e. The van der Waals surface area contributed by atoms with Crippen LogP contribution >= 0.6 is 11.8 Å². The zero-order valence-electron chi connectivity index (χ0n) is 5.36. The molecule has 0 N–H and O–H groups in total. The summed E-state index contributed by atoms with van der Waals surface area (Å²) in [5, 5.41) is 10.7. The largest absolute Gasteiger partial charge is 0.236 e. The lowest BCUT2D eigenvalue weighted by Gasteiger charge is -1.92. The molecule has 1 aromatic rings. The standard InChI is InChI=1S/C6H7N2OS/c9-4-5-10-6-7-2-1-3-8-6/h1-3H,4-5H2. The fourth-order valence-electron chi connectivity index (χ4n) is 0.493. The first-order valence-corrected chi connectivity index (χ1v) is 3.90. The lowest BCUT2D eigenvalue weighted by atomic mass is 10.7. The third kappa shape index (κ3) is 2.33. The highest BCUT2D eigenvalue weighted by Gasteiger charge is 1.92. The normalized spacial score (nSPS) is 9.70. The second kappa shape index (κ2) is 4.24. The Hall–Kier alpha value is -0.610. The summed E-state index contributed by atoms with van der Waals surface area (Å²) in [5.74, 6) is 0.546. The third-order valence-corrected chi connectivity index (χ3v) is 1.70. The fourth-order valence-corrected chi connectivity index (χ4v) is 1.03. The van der Waals surface area contributed by atoms with Crippen LogP contribution in [0.2, 0.25) is 0 Å². The monoisotopic (exact) mass is 155 g/mol. The van der Waals surface area contributed by atoms with Gasteiger partial charge < -0.3 is 0 Å². The maximum Gasteiger partial charge on any atom is 0.187 e. The van der Waals surface area contributed by atoms with E-state index < -0.39 is 0 Å². The number of hydrogen-bond acceptors (Lipinski definition) is 3. The summed E-state index contributed by atoms with van der Waals surface area (Å²) >= 11 is 1.39. The van der Waals surface area contributed by atoms with Gasteiger partial charge in [0.25, 0.3) is 0 Å². The summed E-state index contributed by atoms with van der Waals surface area (Å²) < 4.78 is 0. The van der Waals surface area contributed by atoms with E-state index in [0.717, 1.165) is 0 Å². The molecule has 10 heavy (non-hydrogen) atoms. The Morgan fingerprint density at radius 2 is 2.10 bits per heavy atom. The average Bonchev–Trinajstić information content (AvgIpc) is 2.03. The second-order valence-corrected chi connectivity index (χ2v) is 2.65. The fraction of sp³-hybridized carbons (Fsp3) is 0.333. The molecule has 1 heterocycles. The summed E-state index contributed by atoms with van der Waals surface area (Å²) in [4.78, 5) is 7.86. The average molecular weight is 155 g/mol. The van der Waals surface area contributed by atoms with E-state index in [-0.39, 0.29) is 6.61 Å². The van der Waals surface area contributed by atoms with E-state index in [2.05, 4.69) is 9.97 Å². The van der Waals surface area contributed by atoms with E-state index in [1.54, 1.807) is 18.5 Å². The first-order valence-electron chi connectivity index (χ1n) is 2.91. The SMILES string of the molecule is [O]CCSc1ncccn1. The van der Waals surface area contributed by atoms with Crippen LogP contribution in [0.5, 0.6) is 0 Å². The number of thioether (sulfide) groups is 1. The van der Waals surface area contributed by atoms with E-state index in [0.29, 0.717) is 10.9 Å². The maximum atomic E-state index is 10.0. The lowest BCUT2D eigenvalue weighted by Crippen LogP contribution is -1.88. The predicted octanol–water partition coefficient (Wildman–Crippen LogP) is 0.999. The molecule has 0 aliphatic heterocycles. The molecule has 1 rings (SSSR count). The highest BCUT2D eigenvalue weighted by atomic mass is 32.2. The van der Waals surface area contributed by atoms with Crippen molar-refractivity contribution < 1.29 is 5.11 Å². The Morgan fingerprint density at radius 3 is 2.70 bits per heavy atom. The molecule has 3 nitrogen and oxygen atoms in total. The molecule has 53 valence electrons. The highest BCUT2D eigenvalue weighted by Crippen LogP contribution is 2.08. The van der Waals surface area contributed by atoms with Crippen LogP contribution in [0.25, 0.3) is 0 Å². The molecule has 0 unspecified atom stereocenters.